The van der Waals surface area contributed by atoms with Crippen LogP contribution in [0.25, 0.3) is 68.8 Å². The SMILES string of the molecule is Cc1cc(C)cc(N(c2ccc(-c3ccccc3)cc2)c2ccc3c(c2)C(C)(C)c2cc(/C=C/c4ccc(/C=C/c5ccc6c(c5)C(C)(C)c5cc(N(c7ccc(-c8ccccc8)cc7)c7cc(C)cc(C)c7)ccc5-6)cc4)ccc2-3)c1. The van der Waals surface area contributed by atoms with Crippen molar-refractivity contribution in [3.8, 4) is 44.5 Å². The first kappa shape index (κ1) is 51.9. The molecule has 0 radical (unpaired) electrons. The first-order valence-electron chi connectivity index (χ1n) is 28.9. The van der Waals surface area contributed by atoms with Crippen LogP contribution in [0.2, 0.25) is 0 Å². The van der Waals surface area contributed by atoms with E-state index in [-0.39, 0.29) is 10.8 Å². The average Bonchev–Trinajstić information content (AvgIpc) is 2.79. The normalized spacial score (nSPS) is 13.5. The Kier molecular flexibility index (Phi) is 13.2. The van der Waals surface area contributed by atoms with Crippen LogP contribution in [0.5, 0.6) is 0 Å². The van der Waals surface area contributed by atoms with Gasteiger partial charge in [-0.05, 0) is 212 Å². The van der Waals surface area contributed by atoms with Crippen LogP contribution in [0.4, 0.5) is 34.1 Å². The maximum Gasteiger partial charge on any atom is 0.0466 e. The van der Waals surface area contributed by atoms with E-state index in [0.717, 1.165) is 22.7 Å². The molecule has 2 aliphatic rings. The van der Waals surface area contributed by atoms with Crippen molar-refractivity contribution in [3.63, 3.8) is 0 Å². The number of fused-ring (bicyclic) bond motifs is 6. The highest BCUT2D eigenvalue weighted by Gasteiger charge is 2.38. The molecule has 0 unspecified atom stereocenters. The number of hydrogen-bond donors (Lipinski definition) is 0. The maximum atomic E-state index is 2.43. The van der Waals surface area contributed by atoms with Crippen LogP contribution >= 0.6 is 0 Å². The second-order valence-electron chi connectivity index (χ2n) is 23.8. The summed E-state index contributed by atoms with van der Waals surface area (Å²) in [5.74, 6) is 0. The molecule has 2 aliphatic carbocycles. The summed E-state index contributed by atoms with van der Waals surface area (Å²) in [5, 5.41) is 0. The highest BCUT2D eigenvalue weighted by Crippen LogP contribution is 2.53. The minimum atomic E-state index is -0.188. The number of hydrogen-bond acceptors (Lipinski definition) is 2. The van der Waals surface area contributed by atoms with Gasteiger partial charge in [0.25, 0.3) is 0 Å². The van der Waals surface area contributed by atoms with Crippen molar-refractivity contribution in [2.24, 2.45) is 0 Å². The Morgan fingerprint density at radius 2 is 0.524 bits per heavy atom. The Bertz CT molecular complexity index is 3950. The van der Waals surface area contributed by atoms with E-state index < -0.39 is 0 Å². The zero-order chi connectivity index (χ0) is 56.3. The molecule has 0 aliphatic heterocycles. The minimum absolute atomic E-state index is 0.188. The van der Waals surface area contributed by atoms with Crippen LogP contribution < -0.4 is 9.80 Å². The van der Waals surface area contributed by atoms with Crippen LogP contribution in [-0.4, -0.2) is 0 Å². The third-order valence-electron chi connectivity index (χ3n) is 17.2. The van der Waals surface area contributed by atoms with Crippen molar-refractivity contribution in [2.75, 3.05) is 9.80 Å². The second-order valence-corrected chi connectivity index (χ2v) is 23.8. The topological polar surface area (TPSA) is 6.48 Å². The van der Waals surface area contributed by atoms with E-state index in [1.165, 1.54) is 123 Å². The Morgan fingerprint density at radius 3 is 0.878 bits per heavy atom. The lowest BCUT2D eigenvalue weighted by Gasteiger charge is -2.29. The summed E-state index contributed by atoms with van der Waals surface area (Å²) in [6.45, 7) is 18.3. The van der Waals surface area contributed by atoms with Gasteiger partial charge in [-0.3, -0.25) is 0 Å². The Hall–Kier alpha value is -9.50. The van der Waals surface area contributed by atoms with E-state index in [1.807, 2.05) is 0 Å². The zero-order valence-corrected chi connectivity index (χ0v) is 48.3. The quantitative estimate of drug-likeness (QED) is 0.113. The Morgan fingerprint density at radius 1 is 0.244 bits per heavy atom. The second kappa shape index (κ2) is 20.9. The van der Waals surface area contributed by atoms with Gasteiger partial charge in [-0.1, -0.05) is 222 Å². The van der Waals surface area contributed by atoms with Crippen LogP contribution in [-0.2, 0) is 10.8 Å². The van der Waals surface area contributed by atoms with Gasteiger partial charge in [-0.15, -0.1) is 0 Å². The molecule has 0 atom stereocenters. The van der Waals surface area contributed by atoms with Gasteiger partial charge in [0.05, 0.1) is 0 Å². The van der Waals surface area contributed by atoms with E-state index in [9.17, 15) is 0 Å². The van der Waals surface area contributed by atoms with Gasteiger partial charge in [-0.25, -0.2) is 0 Å². The smallest absolute Gasteiger partial charge is 0.0466 e. The van der Waals surface area contributed by atoms with Crippen molar-refractivity contribution >= 4 is 58.4 Å². The number of anilines is 6. The molecule has 0 bridgehead atoms. The van der Waals surface area contributed by atoms with Gasteiger partial charge in [0.2, 0.25) is 0 Å². The third-order valence-corrected chi connectivity index (χ3v) is 17.2. The van der Waals surface area contributed by atoms with Crippen molar-refractivity contribution in [1.29, 1.82) is 0 Å². The molecule has 0 heterocycles. The van der Waals surface area contributed by atoms with Gasteiger partial charge in [0.15, 0.2) is 0 Å². The van der Waals surface area contributed by atoms with E-state index in [0.29, 0.717) is 0 Å². The van der Waals surface area contributed by atoms with Crippen LogP contribution in [0.3, 0.4) is 0 Å². The molecule has 11 aromatic rings. The Labute approximate surface area is 485 Å². The molecule has 13 rings (SSSR count). The van der Waals surface area contributed by atoms with Gasteiger partial charge < -0.3 is 9.80 Å². The van der Waals surface area contributed by atoms with Gasteiger partial charge in [0.1, 0.15) is 0 Å². The molecule has 2 nitrogen and oxygen atoms in total. The molecule has 0 saturated heterocycles. The molecule has 0 N–H and O–H groups in total. The summed E-state index contributed by atoms with van der Waals surface area (Å²) >= 11 is 0. The van der Waals surface area contributed by atoms with E-state index >= 15 is 0 Å². The first-order chi connectivity index (χ1) is 39.7. The molecular formula is C80H68N2. The highest BCUT2D eigenvalue weighted by molar-refractivity contribution is 5.90. The van der Waals surface area contributed by atoms with E-state index in [1.54, 1.807) is 0 Å². The van der Waals surface area contributed by atoms with Crippen molar-refractivity contribution in [3.05, 3.63) is 309 Å². The summed E-state index contributed by atoms with van der Waals surface area (Å²) in [4.78, 5) is 4.83. The molecule has 11 aromatic carbocycles. The monoisotopic (exact) mass is 1060 g/mol. The number of aryl methyl sites for hydroxylation is 4. The van der Waals surface area contributed by atoms with Gasteiger partial charge in [0, 0.05) is 45.0 Å². The number of benzene rings is 11. The summed E-state index contributed by atoms with van der Waals surface area (Å²) in [6.07, 6.45) is 8.99. The molecule has 0 saturated carbocycles. The zero-order valence-electron chi connectivity index (χ0n) is 48.3. The Balaban J connectivity index is 0.715. The van der Waals surface area contributed by atoms with Crippen molar-refractivity contribution in [1.82, 2.24) is 0 Å². The van der Waals surface area contributed by atoms with E-state index in [2.05, 4.69) is 332 Å². The lowest BCUT2D eigenvalue weighted by atomic mass is 9.81. The maximum absolute atomic E-state index is 2.43. The van der Waals surface area contributed by atoms with Crippen molar-refractivity contribution in [2.45, 2.75) is 66.2 Å². The third kappa shape index (κ3) is 9.79. The molecule has 0 fully saturated rings. The lowest BCUT2D eigenvalue weighted by molar-refractivity contribution is 0.660. The summed E-state index contributed by atoms with van der Waals surface area (Å²) in [6, 6.07) is 89.9. The first-order valence-corrected chi connectivity index (χ1v) is 28.9. The van der Waals surface area contributed by atoms with Gasteiger partial charge >= 0.3 is 0 Å². The molecule has 2 heteroatoms. The predicted molar refractivity (Wildman–Crippen MR) is 351 cm³/mol. The minimum Gasteiger partial charge on any atom is -0.310 e. The molecular weight excluding hydrogens is 989 g/mol. The molecule has 82 heavy (non-hydrogen) atoms. The molecule has 0 aromatic heterocycles. The summed E-state index contributed by atoms with van der Waals surface area (Å²) in [5.41, 5.74) is 31.8. The van der Waals surface area contributed by atoms with Gasteiger partial charge in [-0.2, -0.15) is 0 Å². The predicted octanol–water partition coefficient (Wildman–Crippen LogP) is 22.1. The van der Waals surface area contributed by atoms with E-state index in [4.69, 9.17) is 0 Å². The lowest BCUT2D eigenvalue weighted by Crippen LogP contribution is -2.17. The number of rotatable bonds is 12. The fourth-order valence-electron chi connectivity index (χ4n) is 13.0. The van der Waals surface area contributed by atoms with Crippen LogP contribution in [0.1, 0.15) is 94.5 Å². The molecule has 0 amide bonds. The highest BCUT2D eigenvalue weighted by atomic mass is 15.1. The summed E-state index contributed by atoms with van der Waals surface area (Å²) < 4.78 is 0. The summed E-state index contributed by atoms with van der Waals surface area (Å²) in [7, 11) is 0. The fourth-order valence-corrected chi connectivity index (χ4v) is 13.0. The standard InChI is InChI=1S/C80H68N2/c1-53-43-54(2)46-69(45-53)81(65-33-29-63(30-34-65)61-15-11-9-12-16-61)67-37-41-73-71-39-27-59(49-75(71)79(5,6)77(73)51-67)25-23-57-19-21-58(22-20-57)24-26-60-28-40-72-74-42-38-68(52-78(74)80(7,8)76(72)50-60)82(70-47-55(3)44-56(4)48-70)66-35-31-64(32-36-66)62-17-13-10-14-18-62/h9-52H,1-8H3/b25-23+,26-24+. The molecule has 398 valence electrons. The van der Waals surface area contributed by atoms with Crippen LogP contribution in [0, 0.1) is 27.7 Å². The number of nitrogens with zero attached hydrogens (tertiary/aromatic N) is 2. The van der Waals surface area contributed by atoms with Crippen molar-refractivity contribution < 1.29 is 0 Å². The fraction of sp³-hybridized carbons (Fsp3) is 0.125. The van der Waals surface area contributed by atoms with Crippen LogP contribution in [0.15, 0.2) is 243 Å². The molecule has 0 spiro atoms. The largest absolute Gasteiger partial charge is 0.310 e. The average molecular weight is 1060 g/mol.